The van der Waals surface area contributed by atoms with Crippen molar-refractivity contribution in [3.63, 3.8) is 0 Å². The molecule has 1 fully saturated rings. The van der Waals surface area contributed by atoms with Gasteiger partial charge >= 0.3 is 0 Å². The summed E-state index contributed by atoms with van der Waals surface area (Å²) in [5.74, 6) is 0.747. The lowest BCUT2D eigenvalue weighted by Gasteiger charge is -2.36. The number of hydrogen-bond donors (Lipinski definition) is 1. The molecule has 1 aliphatic rings. The summed E-state index contributed by atoms with van der Waals surface area (Å²) in [6.45, 7) is 4.92. The molecular formula is C22H25N5O2S. The van der Waals surface area contributed by atoms with Crippen molar-refractivity contribution in [1.82, 2.24) is 20.2 Å². The molecule has 1 saturated heterocycles. The Balaban J connectivity index is 1.28. The maximum absolute atomic E-state index is 12.4. The summed E-state index contributed by atoms with van der Waals surface area (Å²) in [5, 5.41) is 5.67. The number of carbonyl (C=O) groups is 1. The van der Waals surface area contributed by atoms with Gasteiger partial charge in [0.2, 0.25) is 0 Å². The lowest BCUT2D eigenvalue weighted by Crippen LogP contribution is -2.46. The van der Waals surface area contributed by atoms with Crippen molar-refractivity contribution in [3.05, 3.63) is 70.4 Å². The molecule has 2 aromatic heterocycles. The van der Waals surface area contributed by atoms with E-state index in [9.17, 15) is 4.79 Å². The van der Waals surface area contributed by atoms with Crippen LogP contribution in [0.4, 0.5) is 5.69 Å². The van der Waals surface area contributed by atoms with E-state index in [2.05, 4.69) is 31.2 Å². The van der Waals surface area contributed by atoms with E-state index in [0.717, 1.165) is 54.9 Å². The van der Waals surface area contributed by atoms with Gasteiger partial charge in [0.25, 0.3) is 5.91 Å². The number of amides is 1. The van der Waals surface area contributed by atoms with Gasteiger partial charge in [0.05, 0.1) is 31.6 Å². The second kappa shape index (κ2) is 9.69. The Morgan fingerprint density at radius 2 is 1.93 bits per heavy atom. The molecule has 4 rings (SSSR count). The third-order valence-electron chi connectivity index (χ3n) is 5.10. The highest BCUT2D eigenvalue weighted by atomic mass is 32.1. The number of nitrogens with zero attached hydrogens (tertiary/aromatic N) is 4. The van der Waals surface area contributed by atoms with Crippen LogP contribution in [-0.2, 0) is 13.1 Å². The van der Waals surface area contributed by atoms with Crippen LogP contribution in [0.2, 0.25) is 0 Å². The number of thiazole rings is 1. The Bertz CT molecular complexity index is 970. The third-order valence-corrected chi connectivity index (χ3v) is 5.93. The highest BCUT2D eigenvalue weighted by Crippen LogP contribution is 2.28. The zero-order chi connectivity index (χ0) is 20.8. The molecule has 3 heterocycles. The third kappa shape index (κ3) is 4.95. The SMILES string of the molecule is COc1ccccc1N1CCN(Cc2nc(C(=O)NCc3ccccn3)cs2)CC1. The molecule has 30 heavy (non-hydrogen) atoms. The van der Waals surface area contributed by atoms with E-state index in [-0.39, 0.29) is 5.91 Å². The molecular weight excluding hydrogens is 398 g/mol. The van der Waals surface area contributed by atoms with Crippen molar-refractivity contribution in [3.8, 4) is 5.75 Å². The molecule has 0 bridgehead atoms. The first kappa shape index (κ1) is 20.3. The van der Waals surface area contributed by atoms with Crippen molar-refractivity contribution in [2.24, 2.45) is 0 Å². The minimum Gasteiger partial charge on any atom is -0.495 e. The van der Waals surface area contributed by atoms with Gasteiger partial charge in [-0.15, -0.1) is 11.3 Å². The number of anilines is 1. The predicted molar refractivity (Wildman–Crippen MR) is 118 cm³/mol. The average Bonchev–Trinajstić information content (AvgIpc) is 3.27. The van der Waals surface area contributed by atoms with Crippen LogP contribution in [0.1, 0.15) is 21.2 Å². The molecule has 1 aliphatic heterocycles. The first-order valence-electron chi connectivity index (χ1n) is 9.96. The average molecular weight is 424 g/mol. The molecule has 7 nitrogen and oxygen atoms in total. The number of hydrogen-bond acceptors (Lipinski definition) is 7. The van der Waals surface area contributed by atoms with E-state index < -0.39 is 0 Å². The normalized spacial score (nSPS) is 14.5. The van der Waals surface area contributed by atoms with Gasteiger partial charge < -0.3 is 15.0 Å². The van der Waals surface area contributed by atoms with E-state index in [4.69, 9.17) is 4.74 Å². The maximum Gasteiger partial charge on any atom is 0.271 e. The quantitative estimate of drug-likeness (QED) is 0.630. The number of nitrogens with one attached hydrogen (secondary N) is 1. The summed E-state index contributed by atoms with van der Waals surface area (Å²) < 4.78 is 5.49. The monoisotopic (exact) mass is 423 g/mol. The fourth-order valence-electron chi connectivity index (χ4n) is 3.48. The Morgan fingerprint density at radius 3 is 2.70 bits per heavy atom. The Hall–Kier alpha value is -2.97. The molecule has 0 spiro atoms. The van der Waals surface area contributed by atoms with Gasteiger partial charge in [0.1, 0.15) is 16.5 Å². The largest absolute Gasteiger partial charge is 0.495 e. The van der Waals surface area contributed by atoms with Gasteiger partial charge in [0.15, 0.2) is 0 Å². The Kier molecular flexibility index (Phi) is 6.56. The Morgan fingerprint density at radius 1 is 1.13 bits per heavy atom. The number of para-hydroxylation sites is 2. The molecule has 0 unspecified atom stereocenters. The first-order valence-corrected chi connectivity index (χ1v) is 10.8. The molecule has 0 aliphatic carbocycles. The van der Waals surface area contributed by atoms with Gasteiger partial charge in [-0.25, -0.2) is 4.98 Å². The Labute approximate surface area is 180 Å². The van der Waals surface area contributed by atoms with Crippen LogP contribution in [0.5, 0.6) is 5.75 Å². The summed E-state index contributed by atoms with van der Waals surface area (Å²) in [6, 6.07) is 13.8. The van der Waals surface area contributed by atoms with Gasteiger partial charge in [-0.2, -0.15) is 0 Å². The molecule has 1 N–H and O–H groups in total. The minimum atomic E-state index is -0.163. The molecule has 8 heteroatoms. The van der Waals surface area contributed by atoms with Crippen LogP contribution >= 0.6 is 11.3 Å². The van der Waals surface area contributed by atoms with Crippen LogP contribution in [0, 0.1) is 0 Å². The van der Waals surface area contributed by atoms with Crippen molar-refractivity contribution in [1.29, 1.82) is 0 Å². The van der Waals surface area contributed by atoms with Crippen LogP contribution in [0.15, 0.2) is 54.0 Å². The summed E-state index contributed by atoms with van der Waals surface area (Å²) in [4.78, 5) is 25.8. The van der Waals surface area contributed by atoms with Crippen LogP contribution in [-0.4, -0.2) is 54.1 Å². The van der Waals surface area contributed by atoms with E-state index in [1.165, 1.54) is 11.3 Å². The fraction of sp³-hybridized carbons (Fsp3) is 0.318. The van der Waals surface area contributed by atoms with E-state index in [1.807, 2.05) is 41.8 Å². The highest BCUT2D eigenvalue weighted by molar-refractivity contribution is 7.09. The van der Waals surface area contributed by atoms with Crippen LogP contribution < -0.4 is 15.0 Å². The molecule has 3 aromatic rings. The zero-order valence-corrected chi connectivity index (χ0v) is 17.8. The second-order valence-electron chi connectivity index (χ2n) is 7.07. The molecule has 0 atom stereocenters. The van der Waals surface area contributed by atoms with E-state index >= 15 is 0 Å². The van der Waals surface area contributed by atoms with Gasteiger partial charge in [0, 0.05) is 37.8 Å². The van der Waals surface area contributed by atoms with Crippen molar-refractivity contribution < 1.29 is 9.53 Å². The summed E-state index contributed by atoms with van der Waals surface area (Å²) in [5.41, 5.74) is 2.44. The van der Waals surface area contributed by atoms with E-state index in [0.29, 0.717) is 12.2 Å². The molecule has 156 valence electrons. The van der Waals surface area contributed by atoms with Crippen LogP contribution in [0.25, 0.3) is 0 Å². The van der Waals surface area contributed by atoms with Crippen LogP contribution in [0.3, 0.4) is 0 Å². The number of carbonyl (C=O) groups excluding carboxylic acids is 1. The second-order valence-corrected chi connectivity index (χ2v) is 8.01. The van der Waals surface area contributed by atoms with E-state index in [1.54, 1.807) is 13.3 Å². The molecule has 0 saturated carbocycles. The van der Waals surface area contributed by atoms with Crippen molar-refractivity contribution in [2.75, 3.05) is 38.2 Å². The number of piperazine rings is 1. The summed E-state index contributed by atoms with van der Waals surface area (Å²) >= 11 is 1.53. The summed E-state index contributed by atoms with van der Waals surface area (Å²) in [7, 11) is 1.71. The first-order chi connectivity index (χ1) is 14.7. The zero-order valence-electron chi connectivity index (χ0n) is 17.0. The molecule has 1 amide bonds. The fourth-order valence-corrected chi connectivity index (χ4v) is 4.30. The predicted octanol–water partition coefficient (Wildman–Crippen LogP) is 2.80. The standard InChI is InChI=1S/C22H25N5O2S/c1-29-20-8-3-2-7-19(20)27-12-10-26(11-13-27)15-21-25-18(16-30-21)22(28)24-14-17-6-4-5-9-23-17/h2-9,16H,10-15H2,1H3,(H,24,28). The van der Waals surface area contributed by atoms with Gasteiger partial charge in [-0.05, 0) is 24.3 Å². The number of ether oxygens (including phenoxy) is 1. The number of rotatable bonds is 7. The number of aromatic nitrogens is 2. The maximum atomic E-state index is 12.4. The summed E-state index contributed by atoms with van der Waals surface area (Å²) in [6.07, 6.45) is 1.72. The van der Waals surface area contributed by atoms with Gasteiger partial charge in [-0.1, -0.05) is 18.2 Å². The number of benzene rings is 1. The lowest BCUT2D eigenvalue weighted by molar-refractivity contribution is 0.0945. The van der Waals surface area contributed by atoms with Crippen molar-refractivity contribution >= 4 is 22.9 Å². The van der Waals surface area contributed by atoms with Crippen molar-refractivity contribution in [2.45, 2.75) is 13.1 Å². The number of methoxy groups -OCH3 is 1. The minimum absolute atomic E-state index is 0.163. The van der Waals surface area contributed by atoms with Gasteiger partial charge in [-0.3, -0.25) is 14.7 Å². The topological polar surface area (TPSA) is 70.6 Å². The molecule has 1 aromatic carbocycles. The molecule has 0 radical (unpaired) electrons. The lowest BCUT2D eigenvalue weighted by atomic mass is 10.2. The highest BCUT2D eigenvalue weighted by Gasteiger charge is 2.21. The smallest absolute Gasteiger partial charge is 0.271 e. The number of pyridine rings is 1.